The molecular formula is C41H68O11. The Kier molecular flexibility index (Phi) is 12.7. The lowest BCUT2D eigenvalue weighted by molar-refractivity contribution is -0.337. The average molecular weight is 737 g/mol. The van der Waals surface area contributed by atoms with Gasteiger partial charge >= 0.3 is 0 Å². The van der Waals surface area contributed by atoms with Crippen molar-refractivity contribution >= 4 is 0 Å². The van der Waals surface area contributed by atoms with Gasteiger partial charge in [0.05, 0.1) is 19.3 Å². The summed E-state index contributed by atoms with van der Waals surface area (Å²) in [4.78, 5) is 0. The molecule has 5 fully saturated rings. The third-order valence-electron chi connectivity index (χ3n) is 15.0. The number of aliphatic hydroxyl groups excluding tert-OH is 7. The number of hydrogen-bond acceptors (Lipinski definition) is 11. The van der Waals surface area contributed by atoms with Crippen LogP contribution >= 0.6 is 0 Å². The second-order valence-electron chi connectivity index (χ2n) is 18.1. The summed E-state index contributed by atoms with van der Waals surface area (Å²) in [5.74, 6) is 4.23. The van der Waals surface area contributed by atoms with Crippen molar-refractivity contribution in [2.24, 2.45) is 52.3 Å². The number of ether oxygens (including phenoxy) is 4. The van der Waals surface area contributed by atoms with Crippen LogP contribution < -0.4 is 0 Å². The highest BCUT2D eigenvalue weighted by molar-refractivity contribution is 5.28. The van der Waals surface area contributed by atoms with Crippen molar-refractivity contribution in [1.82, 2.24) is 0 Å². The van der Waals surface area contributed by atoms with E-state index < -0.39 is 68.0 Å². The van der Waals surface area contributed by atoms with E-state index in [4.69, 9.17) is 18.9 Å². The minimum absolute atomic E-state index is 0.171. The van der Waals surface area contributed by atoms with Gasteiger partial charge in [-0.3, -0.25) is 0 Å². The summed E-state index contributed by atoms with van der Waals surface area (Å²) in [6.45, 7) is 13.5. The normalized spacial score (nSPS) is 49.3. The van der Waals surface area contributed by atoms with E-state index in [9.17, 15) is 35.7 Å². The van der Waals surface area contributed by atoms with E-state index in [2.05, 4.69) is 59.8 Å². The third-order valence-corrected chi connectivity index (χ3v) is 15.0. The molecule has 19 unspecified atom stereocenters. The fourth-order valence-electron chi connectivity index (χ4n) is 11.5. The Labute approximate surface area is 310 Å². The zero-order chi connectivity index (χ0) is 37.7. The number of aliphatic hydroxyl groups is 7. The molecule has 2 saturated heterocycles. The number of rotatable bonds is 11. The van der Waals surface area contributed by atoms with Crippen molar-refractivity contribution in [2.45, 2.75) is 167 Å². The molecule has 11 nitrogen and oxygen atoms in total. The molecule has 2 heterocycles. The Bertz CT molecular complexity index is 1260. The Morgan fingerprint density at radius 1 is 0.788 bits per heavy atom. The van der Waals surface area contributed by atoms with Gasteiger partial charge in [0.2, 0.25) is 0 Å². The minimum Gasteiger partial charge on any atom is -0.394 e. The van der Waals surface area contributed by atoms with Gasteiger partial charge < -0.3 is 54.7 Å². The van der Waals surface area contributed by atoms with E-state index in [1.165, 1.54) is 32.1 Å². The summed E-state index contributed by atoms with van der Waals surface area (Å²) in [5.41, 5.74) is 2.21. The van der Waals surface area contributed by atoms with Crippen LogP contribution in [0.5, 0.6) is 0 Å². The molecule has 0 aromatic heterocycles. The SMILES string of the molecule is CCC(C=CC(C)C1CCC2C3=CCC4CC(OC5OC(COC6OC(CO)C(O)C(O)C6O)C(O)C(O)C5O)CCC4(C)C3CCC21C)C(C)C. The van der Waals surface area contributed by atoms with E-state index in [-0.39, 0.29) is 18.1 Å². The van der Waals surface area contributed by atoms with Crippen molar-refractivity contribution in [1.29, 1.82) is 0 Å². The number of hydrogen-bond donors (Lipinski definition) is 7. The minimum atomic E-state index is -1.62. The van der Waals surface area contributed by atoms with Crippen molar-refractivity contribution < 1.29 is 54.7 Å². The molecule has 6 rings (SSSR count). The first-order valence-electron chi connectivity index (χ1n) is 20.3. The predicted molar refractivity (Wildman–Crippen MR) is 193 cm³/mol. The fraction of sp³-hybridized carbons (Fsp3) is 0.902. The molecule has 2 aliphatic heterocycles. The maximum absolute atomic E-state index is 10.9. The molecule has 298 valence electrons. The number of fused-ring (bicyclic) bond motifs is 5. The molecule has 11 heteroatoms. The second kappa shape index (κ2) is 16.3. The first-order valence-corrected chi connectivity index (χ1v) is 20.3. The van der Waals surface area contributed by atoms with Crippen LogP contribution in [-0.4, -0.2) is 116 Å². The van der Waals surface area contributed by atoms with Crippen LogP contribution in [0.25, 0.3) is 0 Å². The molecule has 0 aromatic rings. The van der Waals surface area contributed by atoms with Gasteiger partial charge in [-0.05, 0) is 110 Å². The Morgan fingerprint density at radius 3 is 2.10 bits per heavy atom. The number of allylic oxidation sites excluding steroid dienone is 4. The van der Waals surface area contributed by atoms with E-state index in [1.807, 2.05) is 0 Å². The predicted octanol–water partition coefficient (Wildman–Crippen LogP) is 3.45. The van der Waals surface area contributed by atoms with Crippen molar-refractivity contribution in [3.8, 4) is 0 Å². The summed E-state index contributed by atoms with van der Waals surface area (Å²) in [6.07, 6.45) is 3.03. The molecule has 7 N–H and O–H groups in total. The van der Waals surface area contributed by atoms with E-state index in [1.54, 1.807) is 5.57 Å². The van der Waals surface area contributed by atoms with Crippen molar-refractivity contribution in [3.63, 3.8) is 0 Å². The second-order valence-corrected chi connectivity index (χ2v) is 18.1. The molecule has 6 aliphatic rings. The van der Waals surface area contributed by atoms with Gasteiger partial charge in [0.1, 0.15) is 48.8 Å². The molecule has 52 heavy (non-hydrogen) atoms. The fourth-order valence-corrected chi connectivity index (χ4v) is 11.5. The van der Waals surface area contributed by atoms with Gasteiger partial charge in [0.15, 0.2) is 12.6 Å². The van der Waals surface area contributed by atoms with Crippen LogP contribution in [0.15, 0.2) is 23.8 Å². The van der Waals surface area contributed by atoms with Gasteiger partial charge in [-0.1, -0.05) is 65.3 Å². The maximum Gasteiger partial charge on any atom is 0.186 e. The molecular weight excluding hydrogens is 668 g/mol. The highest BCUT2D eigenvalue weighted by Gasteiger charge is 2.58. The van der Waals surface area contributed by atoms with Crippen molar-refractivity contribution in [3.05, 3.63) is 23.8 Å². The van der Waals surface area contributed by atoms with Gasteiger partial charge in [0, 0.05) is 0 Å². The van der Waals surface area contributed by atoms with Crippen molar-refractivity contribution in [2.75, 3.05) is 13.2 Å². The van der Waals surface area contributed by atoms with Crippen LogP contribution in [0.4, 0.5) is 0 Å². The van der Waals surface area contributed by atoms with Gasteiger partial charge in [-0.15, -0.1) is 0 Å². The van der Waals surface area contributed by atoms with Crippen LogP contribution in [0, 0.1) is 52.3 Å². The van der Waals surface area contributed by atoms with Gasteiger partial charge in [-0.2, -0.15) is 0 Å². The summed E-state index contributed by atoms with van der Waals surface area (Å²) in [6, 6.07) is 0. The monoisotopic (exact) mass is 736 g/mol. The Balaban J connectivity index is 1.07. The topological polar surface area (TPSA) is 179 Å². The molecule has 0 amide bonds. The summed E-state index contributed by atoms with van der Waals surface area (Å²) < 4.78 is 23.4. The van der Waals surface area contributed by atoms with Gasteiger partial charge in [-0.25, -0.2) is 0 Å². The molecule has 0 radical (unpaired) electrons. The van der Waals surface area contributed by atoms with E-state index >= 15 is 0 Å². The lowest BCUT2D eigenvalue weighted by atomic mass is 9.47. The first-order chi connectivity index (χ1) is 24.6. The first kappa shape index (κ1) is 40.7. The third kappa shape index (κ3) is 7.48. The summed E-state index contributed by atoms with van der Waals surface area (Å²) >= 11 is 0. The zero-order valence-electron chi connectivity index (χ0n) is 32.2. The quantitative estimate of drug-likeness (QED) is 0.155. The maximum atomic E-state index is 10.9. The lowest BCUT2D eigenvalue weighted by Crippen LogP contribution is -2.62. The molecule has 0 bridgehead atoms. The Morgan fingerprint density at radius 2 is 1.42 bits per heavy atom. The van der Waals surface area contributed by atoms with Crippen LogP contribution in [0.3, 0.4) is 0 Å². The highest BCUT2D eigenvalue weighted by atomic mass is 16.7. The van der Waals surface area contributed by atoms with E-state index in [0.717, 1.165) is 25.7 Å². The van der Waals surface area contributed by atoms with Crippen LogP contribution in [-0.2, 0) is 18.9 Å². The molecule has 0 spiro atoms. The van der Waals surface area contributed by atoms with E-state index in [0.29, 0.717) is 46.8 Å². The molecule has 0 aromatic carbocycles. The smallest absolute Gasteiger partial charge is 0.186 e. The average Bonchev–Trinajstić information content (AvgIpc) is 3.48. The molecule has 4 aliphatic carbocycles. The molecule has 3 saturated carbocycles. The molecule has 19 atom stereocenters. The summed E-state index contributed by atoms with van der Waals surface area (Å²) in [5, 5.41) is 72.3. The van der Waals surface area contributed by atoms with Crippen LogP contribution in [0.2, 0.25) is 0 Å². The Hall–Kier alpha value is -0.960. The standard InChI is InChI=1S/C41H68O11/c1-7-23(21(2)3)9-8-22(4)27-12-13-28-26-11-10-24-18-25(14-16-40(24,5)29(26)15-17-41(27,28)6)50-39-37(48)35(46)33(44)31(52-39)20-49-38-36(47)34(45)32(43)30(19-42)51-38/h8-9,11,21-25,27-39,42-48H,7,10,12-20H2,1-6H3. The highest BCUT2D eigenvalue weighted by Crippen LogP contribution is 2.67. The summed E-state index contributed by atoms with van der Waals surface area (Å²) in [7, 11) is 0. The largest absolute Gasteiger partial charge is 0.394 e. The van der Waals surface area contributed by atoms with Gasteiger partial charge in [0.25, 0.3) is 0 Å². The lowest BCUT2D eigenvalue weighted by Gasteiger charge is -2.58. The van der Waals surface area contributed by atoms with Crippen LogP contribution in [0.1, 0.15) is 99.3 Å². The zero-order valence-corrected chi connectivity index (χ0v) is 32.2.